The predicted molar refractivity (Wildman–Crippen MR) is 102 cm³/mol. The van der Waals surface area contributed by atoms with Crippen molar-refractivity contribution in [3.05, 3.63) is 24.3 Å². The number of likely N-dealkylation sites (N-methyl/N-ethyl adjacent to an activating group) is 1. The quantitative estimate of drug-likeness (QED) is 0.674. The summed E-state index contributed by atoms with van der Waals surface area (Å²) >= 11 is 0. The van der Waals surface area contributed by atoms with Crippen molar-refractivity contribution in [1.82, 2.24) is 15.1 Å². The first-order valence-electron chi connectivity index (χ1n) is 9.36. The van der Waals surface area contributed by atoms with Gasteiger partial charge in [0, 0.05) is 39.3 Å². The maximum Gasteiger partial charge on any atom is 0.319 e. The fourth-order valence-electron chi connectivity index (χ4n) is 2.80. The topological polar surface area (TPSA) is 56.8 Å². The van der Waals surface area contributed by atoms with E-state index in [4.69, 9.17) is 4.74 Å². The largest absolute Gasteiger partial charge is 0.490 e. The number of rotatable bonds is 9. The van der Waals surface area contributed by atoms with Crippen molar-refractivity contribution >= 4 is 11.7 Å². The highest BCUT2D eigenvalue weighted by atomic mass is 16.5. The van der Waals surface area contributed by atoms with E-state index in [1.54, 1.807) is 0 Å². The van der Waals surface area contributed by atoms with Gasteiger partial charge in [0.1, 0.15) is 12.4 Å². The summed E-state index contributed by atoms with van der Waals surface area (Å²) in [5.74, 6) is 0.723. The van der Waals surface area contributed by atoms with Gasteiger partial charge in [0.15, 0.2) is 0 Å². The zero-order chi connectivity index (χ0) is 17.9. The molecule has 2 rings (SSSR count). The van der Waals surface area contributed by atoms with Gasteiger partial charge in [0.25, 0.3) is 0 Å². The third-order valence-corrected chi connectivity index (χ3v) is 4.46. The maximum absolute atomic E-state index is 12.0. The van der Waals surface area contributed by atoms with Crippen LogP contribution in [0.1, 0.15) is 26.2 Å². The molecule has 2 N–H and O–H groups in total. The van der Waals surface area contributed by atoms with Gasteiger partial charge in [-0.1, -0.05) is 31.9 Å². The molecule has 0 spiro atoms. The number of nitrogens with zero attached hydrogens (tertiary/aromatic N) is 2. The lowest BCUT2D eigenvalue weighted by Gasteiger charge is -2.32. The van der Waals surface area contributed by atoms with Crippen LogP contribution < -0.4 is 15.4 Å². The second-order valence-corrected chi connectivity index (χ2v) is 6.58. The number of anilines is 1. The standard InChI is InChI=1S/C19H32N4O2/c1-3-4-7-10-20-19(24)21-17-8-5-6-9-18(17)25-16-15-23-13-11-22(2)12-14-23/h5-6,8-9H,3-4,7,10-16H2,1-2H3,(H2,20,21,24). The van der Waals surface area contributed by atoms with Crippen molar-refractivity contribution in [2.24, 2.45) is 0 Å². The SMILES string of the molecule is CCCCCNC(=O)Nc1ccccc1OCCN1CCN(C)CC1. The predicted octanol–water partition coefficient (Wildman–Crippen LogP) is 2.62. The van der Waals surface area contributed by atoms with Crippen LogP contribution >= 0.6 is 0 Å². The van der Waals surface area contributed by atoms with E-state index in [0.717, 1.165) is 57.7 Å². The molecule has 0 aromatic heterocycles. The van der Waals surface area contributed by atoms with Gasteiger partial charge < -0.3 is 20.3 Å². The number of benzene rings is 1. The molecule has 1 saturated heterocycles. The number of nitrogens with one attached hydrogen (secondary N) is 2. The van der Waals surface area contributed by atoms with Crippen molar-refractivity contribution in [2.75, 3.05) is 58.2 Å². The van der Waals surface area contributed by atoms with Gasteiger partial charge in [-0.15, -0.1) is 0 Å². The lowest BCUT2D eigenvalue weighted by Crippen LogP contribution is -2.45. The van der Waals surface area contributed by atoms with Crippen LogP contribution in [0.2, 0.25) is 0 Å². The lowest BCUT2D eigenvalue weighted by atomic mass is 10.2. The summed E-state index contributed by atoms with van der Waals surface area (Å²) in [6.45, 7) is 8.76. The first-order chi connectivity index (χ1) is 12.2. The minimum atomic E-state index is -0.175. The van der Waals surface area contributed by atoms with E-state index >= 15 is 0 Å². The van der Waals surface area contributed by atoms with Gasteiger partial charge >= 0.3 is 6.03 Å². The molecule has 0 bridgehead atoms. The number of piperazine rings is 1. The number of hydrogen-bond acceptors (Lipinski definition) is 4. The van der Waals surface area contributed by atoms with Crippen molar-refractivity contribution in [1.29, 1.82) is 0 Å². The molecular formula is C19H32N4O2. The summed E-state index contributed by atoms with van der Waals surface area (Å²) in [5, 5.41) is 5.77. The summed E-state index contributed by atoms with van der Waals surface area (Å²) in [6.07, 6.45) is 3.28. The van der Waals surface area contributed by atoms with E-state index in [1.807, 2.05) is 24.3 Å². The Hall–Kier alpha value is -1.79. The second kappa shape index (κ2) is 10.9. The number of unbranched alkanes of at least 4 members (excludes halogenated alkanes) is 2. The summed E-state index contributed by atoms with van der Waals surface area (Å²) in [6, 6.07) is 7.43. The molecule has 6 nitrogen and oxygen atoms in total. The molecule has 2 amide bonds. The Morgan fingerprint density at radius 2 is 1.92 bits per heavy atom. The average molecular weight is 348 g/mol. The number of carbonyl (C=O) groups excluding carboxylic acids is 1. The molecule has 25 heavy (non-hydrogen) atoms. The van der Waals surface area contributed by atoms with Crippen molar-refractivity contribution in [2.45, 2.75) is 26.2 Å². The molecule has 1 aromatic carbocycles. The molecule has 6 heteroatoms. The Bertz CT molecular complexity index is 516. The van der Waals surface area contributed by atoms with E-state index in [1.165, 1.54) is 0 Å². The maximum atomic E-state index is 12.0. The molecule has 0 saturated carbocycles. The zero-order valence-corrected chi connectivity index (χ0v) is 15.6. The molecule has 1 fully saturated rings. The molecule has 140 valence electrons. The van der Waals surface area contributed by atoms with E-state index in [2.05, 4.69) is 34.4 Å². The number of ether oxygens (including phenoxy) is 1. The second-order valence-electron chi connectivity index (χ2n) is 6.58. The molecule has 0 unspecified atom stereocenters. The Balaban J connectivity index is 1.74. The Morgan fingerprint density at radius 3 is 2.68 bits per heavy atom. The highest BCUT2D eigenvalue weighted by Crippen LogP contribution is 2.23. The van der Waals surface area contributed by atoms with Crippen LogP contribution in [-0.2, 0) is 0 Å². The third-order valence-electron chi connectivity index (χ3n) is 4.46. The molecule has 1 aliphatic rings. The van der Waals surface area contributed by atoms with Crippen LogP contribution in [0.3, 0.4) is 0 Å². The van der Waals surface area contributed by atoms with Gasteiger partial charge in [-0.2, -0.15) is 0 Å². The lowest BCUT2D eigenvalue weighted by molar-refractivity contribution is 0.134. The monoisotopic (exact) mass is 348 g/mol. The highest BCUT2D eigenvalue weighted by Gasteiger charge is 2.13. The van der Waals surface area contributed by atoms with E-state index in [9.17, 15) is 4.79 Å². The Morgan fingerprint density at radius 1 is 1.16 bits per heavy atom. The summed E-state index contributed by atoms with van der Waals surface area (Å²) in [5.41, 5.74) is 0.717. The summed E-state index contributed by atoms with van der Waals surface area (Å²) in [4.78, 5) is 16.7. The van der Waals surface area contributed by atoms with Crippen LogP contribution in [0.25, 0.3) is 0 Å². The van der Waals surface area contributed by atoms with Crippen LogP contribution in [-0.4, -0.2) is 68.8 Å². The van der Waals surface area contributed by atoms with Crippen LogP contribution in [0, 0.1) is 0 Å². The van der Waals surface area contributed by atoms with Gasteiger partial charge in [-0.05, 0) is 25.6 Å². The Labute approximate surface area is 151 Å². The number of urea groups is 1. The molecule has 1 aliphatic heterocycles. The average Bonchev–Trinajstić information content (AvgIpc) is 2.62. The third kappa shape index (κ3) is 7.32. The normalized spacial score (nSPS) is 15.8. The molecular weight excluding hydrogens is 316 g/mol. The minimum absolute atomic E-state index is 0.175. The fourth-order valence-corrected chi connectivity index (χ4v) is 2.80. The Kier molecular flexibility index (Phi) is 8.55. The van der Waals surface area contributed by atoms with Crippen molar-refractivity contribution in [3.63, 3.8) is 0 Å². The van der Waals surface area contributed by atoms with Crippen molar-refractivity contribution in [3.8, 4) is 5.75 Å². The molecule has 0 radical (unpaired) electrons. The number of hydrogen-bond donors (Lipinski definition) is 2. The summed E-state index contributed by atoms with van der Waals surface area (Å²) in [7, 11) is 2.16. The fraction of sp³-hybridized carbons (Fsp3) is 0.632. The minimum Gasteiger partial charge on any atom is -0.490 e. The van der Waals surface area contributed by atoms with Gasteiger partial charge in [0.2, 0.25) is 0 Å². The van der Waals surface area contributed by atoms with Gasteiger partial charge in [-0.25, -0.2) is 4.79 Å². The van der Waals surface area contributed by atoms with Crippen LogP contribution in [0.4, 0.5) is 10.5 Å². The van der Waals surface area contributed by atoms with E-state index < -0.39 is 0 Å². The molecule has 0 atom stereocenters. The first kappa shape index (κ1) is 19.5. The molecule has 0 aliphatic carbocycles. The van der Waals surface area contributed by atoms with Crippen LogP contribution in [0.15, 0.2) is 24.3 Å². The van der Waals surface area contributed by atoms with E-state index in [0.29, 0.717) is 18.8 Å². The number of carbonyl (C=O) groups is 1. The zero-order valence-electron chi connectivity index (χ0n) is 15.6. The summed E-state index contributed by atoms with van der Waals surface area (Å²) < 4.78 is 5.91. The van der Waals surface area contributed by atoms with Gasteiger partial charge in [0.05, 0.1) is 5.69 Å². The smallest absolute Gasteiger partial charge is 0.319 e. The van der Waals surface area contributed by atoms with Gasteiger partial charge in [-0.3, -0.25) is 4.90 Å². The number of amides is 2. The first-order valence-corrected chi connectivity index (χ1v) is 9.36. The molecule has 1 heterocycles. The molecule has 1 aromatic rings. The van der Waals surface area contributed by atoms with Crippen LogP contribution in [0.5, 0.6) is 5.75 Å². The van der Waals surface area contributed by atoms with Crippen molar-refractivity contribution < 1.29 is 9.53 Å². The van der Waals surface area contributed by atoms with E-state index in [-0.39, 0.29) is 6.03 Å². The highest BCUT2D eigenvalue weighted by molar-refractivity contribution is 5.90. The number of para-hydroxylation sites is 2.